The number of ether oxygens (including phenoxy) is 1. The second-order valence-corrected chi connectivity index (χ2v) is 4.31. The summed E-state index contributed by atoms with van der Waals surface area (Å²) < 4.78 is 5.81. The summed E-state index contributed by atoms with van der Waals surface area (Å²) in [4.78, 5) is 0. The van der Waals surface area contributed by atoms with Gasteiger partial charge in [-0.25, -0.2) is 0 Å². The van der Waals surface area contributed by atoms with Crippen molar-refractivity contribution in [2.75, 3.05) is 6.61 Å². The summed E-state index contributed by atoms with van der Waals surface area (Å²) in [6, 6.07) is 0.164. The summed E-state index contributed by atoms with van der Waals surface area (Å²) in [7, 11) is 0. The second-order valence-electron chi connectivity index (χ2n) is 4.31. The molecule has 3 nitrogen and oxygen atoms in total. The molecule has 0 bridgehead atoms. The predicted octanol–water partition coefficient (Wildman–Crippen LogP) is 1.29. The summed E-state index contributed by atoms with van der Waals surface area (Å²) >= 11 is 0. The van der Waals surface area contributed by atoms with Gasteiger partial charge in [-0.15, -0.1) is 0 Å². The van der Waals surface area contributed by atoms with Gasteiger partial charge in [0.2, 0.25) is 0 Å². The third-order valence-electron chi connectivity index (χ3n) is 3.23. The van der Waals surface area contributed by atoms with Crippen molar-refractivity contribution in [3.05, 3.63) is 0 Å². The van der Waals surface area contributed by atoms with E-state index in [1.54, 1.807) is 0 Å². The van der Waals surface area contributed by atoms with E-state index in [0.717, 1.165) is 25.7 Å². The molecule has 0 aliphatic carbocycles. The van der Waals surface area contributed by atoms with Gasteiger partial charge < -0.3 is 15.6 Å². The molecule has 1 aliphatic heterocycles. The van der Waals surface area contributed by atoms with Crippen LogP contribution in [0.5, 0.6) is 0 Å². The highest BCUT2D eigenvalue weighted by molar-refractivity contribution is 4.83. The van der Waals surface area contributed by atoms with Gasteiger partial charge in [0.1, 0.15) is 0 Å². The largest absolute Gasteiger partial charge is 0.396 e. The van der Waals surface area contributed by atoms with E-state index < -0.39 is 0 Å². The first-order valence-electron chi connectivity index (χ1n) is 5.71. The minimum absolute atomic E-state index is 0.164. The number of hydrogen-bond donors (Lipinski definition) is 2. The summed E-state index contributed by atoms with van der Waals surface area (Å²) in [6.45, 7) is 4.41. The standard InChI is InChI=1S/C11H23NO2/c1-3-10(12)9(6-7-13)11-5-4-8(2)14-11/h8-11,13H,3-7,12H2,1-2H3. The van der Waals surface area contributed by atoms with Crippen LogP contribution in [0.2, 0.25) is 0 Å². The molecule has 14 heavy (non-hydrogen) atoms. The normalized spacial score (nSPS) is 31.7. The number of nitrogens with two attached hydrogens (primary N) is 1. The smallest absolute Gasteiger partial charge is 0.0623 e. The Bertz CT molecular complexity index is 163. The van der Waals surface area contributed by atoms with E-state index in [1.807, 2.05) is 0 Å². The Morgan fingerprint density at radius 3 is 2.64 bits per heavy atom. The molecule has 1 heterocycles. The zero-order valence-corrected chi connectivity index (χ0v) is 9.28. The minimum Gasteiger partial charge on any atom is -0.396 e. The van der Waals surface area contributed by atoms with Gasteiger partial charge in [-0.3, -0.25) is 0 Å². The fourth-order valence-electron chi connectivity index (χ4n) is 2.28. The van der Waals surface area contributed by atoms with Gasteiger partial charge in [0, 0.05) is 18.6 Å². The molecular weight excluding hydrogens is 178 g/mol. The highest BCUT2D eigenvalue weighted by Gasteiger charge is 2.32. The van der Waals surface area contributed by atoms with Crippen LogP contribution in [0, 0.1) is 5.92 Å². The molecule has 0 aromatic rings. The van der Waals surface area contributed by atoms with Crippen molar-refractivity contribution in [3.8, 4) is 0 Å². The molecule has 84 valence electrons. The highest BCUT2D eigenvalue weighted by Crippen LogP contribution is 2.29. The molecule has 4 unspecified atom stereocenters. The topological polar surface area (TPSA) is 55.5 Å². The van der Waals surface area contributed by atoms with Crippen molar-refractivity contribution >= 4 is 0 Å². The van der Waals surface area contributed by atoms with Crippen LogP contribution in [0.1, 0.15) is 39.5 Å². The summed E-state index contributed by atoms with van der Waals surface area (Å²) in [5, 5.41) is 9.00. The Hall–Kier alpha value is -0.120. The van der Waals surface area contributed by atoms with Crippen LogP contribution in [0.4, 0.5) is 0 Å². The number of aliphatic hydroxyl groups is 1. The first-order valence-corrected chi connectivity index (χ1v) is 5.71. The lowest BCUT2D eigenvalue weighted by Crippen LogP contribution is -2.38. The third-order valence-corrected chi connectivity index (χ3v) is 3.23. The molecule has 0 spiro atoms. The van der Waals surface area contributed by atoms with Gasteiger partial charge in [-0.1, -0.05) is 6.92 Å². The van der Waals surface area contributed by atoms with Crippen LogP contribution < -0.4 is 5.73 Å². The average molecular weight is 201 g/mol. The van der Waals surface area contributed by atoms with E-state index >= 15 is 0 Å². The predicted molar refractivity (Wildman–Crippen MR) is 57.0 cm³/mol. The van der Waals surface area contributed by atoms with Gasteiger partial charge in [0.05, 0.1) is 12.2 Å². The van der Waals surface area contributed by atoms with Crippen molar-refractivity contribution in [1.82, 2.24) is 0 Å². The van der Waals surface area contributed by atoms with E-state index in [2.05, 4.69) is 13.8 Å². The second kappa shape index (κ2) is 5.69. The van der Waals surface area contributed by atoms with Crippen molar-refractivity contribution in [2.24, 2.45) is 11.7 Å². The van der Waals surface area contributed by atoms with Crippen LogP contribution in [0.25, 0.3) is 0 Å². The lowest BCUT2D eigenvalue weighted by molar-refractivity contribution is 0.00375. The maximum atomic E-state index is 9.00. The van der Waals surface area contributed by atoms with Crippen LogP contribution in [0.3, 0.4) is 0 Å². The lowest BCUT2D eigenvalue weighted by Gasteiger charge is -2.27. The molecular formula is C11H23NO2. The summed E-state index contributed by atoms with van der Waals surface area (Å²) in [5.41, 5.74) is 6.04. The minimum atomic E-state index is 0.164. The maximum absolute atomic E-state index is 9.00. The van der Waals surface area contributed by atoms with Crippen molar-refractivity contribution < 1.29 is 9.84 Å². The fourth-order valence-corrected chi connectivity index (χ4v) is 2.28. The monoisotopic (exact) mass is 201 g/mol. The molecule has 1 aliphatic rings. The molecule has 0 aromatic heterocycles. The van der Waals surface area contributed by atoms with Gasteiger partial charge >= 0.3 is 0 Å². The molecule has 0 aromatic carbocycles. The Morgan fingerprint density at radius 1 is 1.50 bits per heavy atom. The Balaban J connectivity index is 2.49. The zero-order chi connectivity index (χ0) is 10.6. The first kappa shape index (κ1) is 12.0. The molecule has 1 fully saturated rings. The quantitative estimate of drug-likeness (QED) is 0.704. The van der Waals surface area contributed by atoms with E-state index in [0.29, 0.717) is 12.0 Å². The van der Waals surface area contributed by atoms with Crippen LogP contribution in [-0.2, 0) is 4.74 Å². The van der Waals surface area contributed by atoms with E-state index in [1.165, 1.54) is 0 Å². The number of hydrogen-bond acceptors (Lipinski definition) is 3. The molecule has 3 N–H and O–H groups in total. The molecule has 1 saturated heterocycles. The average Bonchev–Trinajstić information content (AvgIpc) is 2.60. The van der Waals surface area contributed by atoms with Crippen molar-refractivity contribution in [1.29, 1.82) is 0 Å². The summed E-state index contributed by atoms with van der Waals surface area (Å²) in [6.07, 6.45) is 4.59. The van der Waals surface area contributed by atoms with E-state index in [4.69, 9.17) is 15.6 Å². The SMILES string of the molecule is CCC(N)C(CCO)C1CCC(C)O1. The van der Waals surface area contributed by atoms with Crippen molar-refractivity contribution in [3.63, 3.8) is 0 Å². The van der Waals surface area contributed by atoms with Crippen LogP contribution in [-0.4, -0.2) is 30.0 Å². The number of aliphatic hydroxyl groups excluding tert-OH is 1. The molecule has 0 saturated carbocycles. The molecule has 4 atom stereocenters. The molecule has 3 heteroatoms. The fraction of sp³-hybridized carbons (Fsp3) is 1.00. The Morgan fingerprint density at radius 2 is 2.21 bits per heavy atom. The maximum Gasteiger partial charge on any atom is 0.0623 e. The summed E-state index contributed by atoms with van der Waals surface area (Å²) in [5.74, 6) is 0.329. The highest BCUT2D eigenvalue weighted by atomic mass is 16.5. The Labute approximate surface area is 86.6 Å². The molecule has 0 amide bonds. The lowest BCUT2D eigenvalue weighted by atomic mass is 9.88. The van der Waals surface area contributed by atoms with Gasteiger partial charge in [-0.05, 0) is 32.6 Å². The molecule has 1 rings (SSSR count). The van der Waals surface area contributed by atoms with Crippen LogP contribution in [0.15, 0.2) is 0 Å². The zero-order valence-electron chi connectivity index (χ0n) is 9.28. The third kappa shape index (κ3) is 2.94. The van der Waals surface area contributed by atoms with Gasteiger partial charge in [0.25, 0.3) is 0 Å². The van der Waals surface area contributed by atoms with Crippen LogP contribution >= 0.6 is 0 Å². The first-order chi connectivity index (χ1) is 6.69. The Kier molecular flexibility index (Phi) is 4.85. The van der Waals surface area contributed by atoms with Crippen molar-refractivity contribution in [2.45, 2.75) is 57.8 Å². The van der Waals surface area contributed by atoms with Gasteiger partial charge in [0.15, 0.2) is 0 Å². The molecule has 0 radical (unpaired) electrons. The van der Waals surface area contributed by atoms with E-state index in [-0.39, 0.29) is 18.8 Å². The van der Waals surface area contributed by atoms with Gasteiger partial charge in [-0.2, -0.15) is 0 Å². The van der Waals surface area contributed by atoms with E-state index in [9.17, 15) is 0 Å². The number of rotatable bonds is 5.